The van der Waals surface area contributed by atoms with Crippen molar-refractivity contribution in [3.63, 3.8) is 0 Å². The number of ether oxygens (including phenoxy) is 2. The second-order valence-electron chi connectivity index (χ2n) is 7.47. The lowest BCUT2D eigenvalue weighted by Crippen LogP contribution is -2.35. The molecule has 0 radical (unpaired) electrons. The van der Waals surface area contributed by atoms with E-state index in [-0.39, 0.29) is 24.4 Å². The molecule has 0 saturated heterocycles. The van der Waals surface area contributed by atoms with Crippen molar-refractivity contribution in [3.8, 4) is 11.5 Å². The topological polar surface area (TPSA) is 82.7 Å². The van der Waals surface area contributed by atoms with Crippen molar-refractivity contribution >= 4 is 17.0 Å². The summed E-state index contributed by atoms with van der Waals surface area (Å²) < 4.78 is 18.0. The molecular formula is C22H24N2O5. The van der Waals surface area contributed by atoms with E-state index in [1.54, 1.807) is 24.3 Å². The minimum atomic E-state index is -0.543. The van der Waals surface area contributed by atoms with Gasteiger partial charge in [-0.2, -0.15) is 0 Å². The molecule has 0 unspecified atom stereocenters. The van der Waals surface area contributed by atoms with Crippen LogP contribution in [0.25, 0.3) is 11.1 Å². The summed E-state index contributed by atoms with van der Waals surface area (Å²) in [5, 5.41) is 3.05. The number of oxazole rings is 1. The average Bonchev–Trinajstić information content (AvgIpc) is 2.87. The van der Waals surface area contributed by atoms with Crippen LogP contribution in [0.5, 0.6) is 11.5 Å². The van der Waals surface area contributed by atoms with Crippen LogP contribution >= 0.6 is 0 Å². The van der Waals surface area contributed by atoms with Crippen LogP contribution in [0.3, 0.4) is 0 Å². The van der Waals surface area contributed by atoms with Crippen LogP contribution in [-0.2, 0) is 11.3 Å². The minimum Gasteiger partial charge on any atom is -0.490 e. The molecule has 2 aromatic carbocycles. The van der Waals surface area contributed by atoms with Crippen molar-refractivity contribution in [2.45, 2.75) is 32.9 Å². The number of nitrogens with one attached hydrogen (secondary N) is 1. The zero-order valence-electron chi connectivity index (χ0n) is 16.5. The molecule has 1 aliphatic heterocycles. The molecule has 2 heterocycles. The SMILES string of the molecule is CC(C)[C@@H](NC(=O)Cn1c(=O)oc2ccccc21)c1ccc2c(c1)OCCCO2. The Kier molecular flexibility index (Phi) is 5.29. The van der Waals surface area contributed by atoms with Crippen molar-refractivity contribution in [1.82, 2.24) is 9.88 Å². The lowest BCUT2D eigenvalue weighted by Gasteiger charge is -2.24. The predicted octanol–water partition coefficient (Wildman–Crippen LogP) is 3.27. The molecule has 29 heavy (non-hydrogen) atoms. The highest BCUT2D eigenvalue weighted by Crippen LogP contribution is 2.34. The number of hydrogen-bond acceptors (Lipinski definition) is 5. The third-order valence-corrected chi connectivity index (χ3v) is 4.99. The second kappa shape index (κ2) is 8.03. The Morgan fingerprint density at radius 3 is 2.66 bits per heavy atom. The molecule has 7 heteroatoms. The summed E-state index contributed by atoms with van der Waals surface area (Å²) in [4.78, 5) is 24.9. The van der Waals surface area contributed by atoms with Crippen molar-refractivity contribution in [1.29, 1.82) is 0 Å². The van der Waals surface area contributed by atoms with Gasteiger partial charge in [-0.05, 0) is 35.7 Å². The van der Waals surface area contributed by atoms with Crippen LogP contribution < -0.4 is 20.5 Å². The highest BCUT2D eigenvalue weighted by atomic mass is 16.5. The Hall–Kier alpha value is -3.22. The summed E-state index contributed by atoms with van der Waals surface area (Å²) in [5.74, 6) is 0.748. The van der Waals surface area contributed by atoms with Gasteiger partial charge in [0.15, 0.2) is 17.1 Å². The van der Waals surface area contributed by atoms with E-state index < -0.39 is 5.76 Å². The second-order valence-corrected chi connectivity index (χ2v) is 7.47. The summed E-state index contributed by atoms with van der Waals surface area (Å²) in [6.07, 6.45) is 0.835. The quantitative estimate of drug-likeness (QED) is 0.716. The summed E-state index contributed by atoms with van der Waals surface area (Å²) in [7, 11) is 0. The molecule has 1 amide bonds. The van der Waals surface area contributed by atoms with Gasteiger partial charge in [-0.3, -0.25) is 9.36 Å². The van der Waals surface area contributed by atoms with Gasteiger partial charge in [-0.15, -0.1) is 0 Å². The van der Waals surface area contributed by atoms with Crippen LogP contribution in [0, 0.1) is 5.92 Å². The first-order valence-corrected chi connectivity index (χ1v) is 9.80. The lowest BCUT2D eigenvalue weighted by molar-refractivity contribution is -0.122. The normalized spacial score (nSPS) is 14.6. The van der Waals surface area contributed by atoms with Crippen LogP contribution in [0.15, 0.2) is 51.7 Å². The number of amides is 1. The summed E-state index contributed by atoms with van der Waals surface area (Å²) >= 11 is 0. The van der Waals surface area contributed by atoms with Crippen LogP contribution in [0.2, 0.25) is 0 Å². The number of para-hydroxylation sites is 2. The third-order valence-electron chi connectivity index (χ3n) is 4.99. The fraction of sp³-hybridized carbons (Fsp3) is 0.364. The average molecular weight is 396 g/mol. The van der Waals surface area contributed by atoms with E-state index in [4.69, 9.17) is 13.9 Å². The van der Waals surface area contributed by atoms with Gasteiger partial charge in [-0.1, -0.05) is 32.0 Å². The summed E-state index contributed by atoms with van der Waals surface area (Å²) in [5.41, 5.74) is 2.00. The minimum absolute atomic E-state index is 0.108. The molecule has 0 aliphatic carbocycles. The molecule has 152 valence electrons. The number of fused-ring (bicyclic) bond motifs is 2. The van der Waals surface area contributed by atoms with Crippen LogP contribution in [0.1, 0.15) is 31.9 Å². The van der Waals surface area contributed by atoms with E-state index >= 15 is 0 Å². The number of carbonyl (C=O) groups excluding carboxylic acids is 1. The molecule has 3 aromatic rings. The molecule has 1 atom stereocenters. The maximum atomic E-state index is 12.8. The standard InChI is InChI=1S/C22H24N2O5/c1-14(2)21(15-8-9-18-19(12-15)28-11-5-10-27-18)23-20(25)13-24-16-6-3-4-7-17(16)29-22(24)26/h3-4,6-9,12,14,21H,5,10-11,13H2,1-2H3,(H,23,25)/t21-/m1/s1. The predicted molar refractivity (Wildman–Crippen MR) is 108 cm³/mol. The fourth-order valence-electron chi connectivity index (χ4n) is 3.53. The van der Waals surface area contributed by atoms with Gasteiger partial charge in [0.05, 0.1) is 24.8 Å². The molecule has 0 saturated carbocycles. The van der Waals surface area contributed by atoms with Gasteiger partial charge in [0.25, 0.3) is 0 Å². The molecule has 0 bridgehead atoms. The van der Waals surface area contributed by atoms with Gasteiger partial charge < -0.3 is 19.2 Å². The Morgan fingerprint density at radius 2 is 1.86 bits per heavy atom. The Balaban J connectivity index is 1.55. The third kappa shape index (κ3) is 3.99. The van der Waals surface area contributed by atoms with E-state index in [0.717, 1.165) is 17.7 Å². The lowest BCUT2D eigenvalue weighted by atomic mass is 9.95. The van der Waals surface area contributed by atoms with E-state index in [9.17, 15) is 9.59 Å². The molecule has 7 nitrogen and oxygen atoms in total. The first-order valence-electron chi connectivity index (χ1n) is 9.80. The zero-order chi connectivity index (χ0) is 20.4. The zero-order valence-corrected chi connectivity index (χ0v) is 16.5. The molecule has 1 N–H and O–H groups in total. The summed E-state index contributed by atoms with van der Waals surface area (Å²) in [6.45, 7) is 5.19. The number of nitrogens with zero attached hydrogens (tertiary/aromatic N) is 1. The molecule has 1 aliphatic rings. The summed E-state index contributed by atoms with van der Waals surface area (Å²) in [6, 6.07) is 12.6. The van der Waals surface area contributed by atoms with Gasteiger partial charge in [-0.25, -0.2) is 4.79 Å². The van der Waals surface area contributed by atoms with Gasteiger partial charge >= 0.3 is 5.76 Å². The number of rotatable bonds is 5. The number of aromatic nitrogens is 1. The Morgan fingerprint density at radius 1 is 1.10 bits per heavy atom. The van der Waals surface area contributed by atoms with E-state index in [2.05, 4.69) is 5.32 Å². The van der Waals surface area contributed by atoms with Gasteiger partial charge in [0.1, 0.15) is 6.54 Å². The maximum Gasteiger partial charge on any atom is 0.420 e. The molecule has 1 aromatic heterocycles. The van der Waals surface area contributed by atoms with Crippen LogP contribution in [-0.4, -0.2) is 23.7 Å². The van der Waals surface area contributed by atoms with E-state index in [1.165, 1.54) is 4.57 Å². The van der Waals surface area contributed by atoms with Crippen molar-refractivity contribution < 1.29 is 18.7 Å². The molecule has 0 spiro atoms. The first-order chi connectivity index (χ1) is 14.0. The number of carbonyl (C=O) groups is 1. The highest BCUT2D eigenvalue weighted by molar-refractivity contribution is 5.79. The smallest absolute Gasteiger partial charge is 0.420 e. The molecule has 4 rings (SSSR count). The highest BCUT2D eigenvalue weighted by Gasteiger charge is 2.22. The van der Waals surface area contributed by atoms with E-state index in [1.807, 2.05) is 32.0 Å². The molecular weight excluding hydrogens is 372 g/mol. The fourth-order valence-corrected chi connectivity index (χ4v) is 3.53. The van der Waals surface area contributed by atoms with Crippen molar-refractivity contribution in [2.24, 2.45) is 5.92 Å². The van der Waals surface area contributed by atoms with Crippen LogP contribution in [0.4, 0.5) is 0 Å². The number of benzene rings is 2. The Bertz CT molecular complexity index is 1080. The first kappa shape index (κ1) is 19.1. The number of hydrogen-bond donors (Lipinski definition) is 1. The van der Waals surface area contributed by atoms with Crippen molar-refractivity contribution in [2.75, 3.05) is 13.2 Å². The van der Waals surface area contributed by atoms with Gasteiger partial charge in [0.2, 0.25) is 5.91 Å². The Labute approximate surface area is 168 Å². The monoisotopic (exact) mass is 396 g/mol. The largest absolute Gasteiger partial charge is 0.490 e. The van der Waals surface area contributed by atoms with Gasteiger partial charge in [0, 0.05) is 6.42 Å². The maximum absolute atomic E-state index is 12.8. The van der Waals surface area contributed by atoms with E-state index in [0.29, 0.717) is 30.1 Å². The van der Waals surface area contributed by atoms with Crippen molar-refractivity contribution in [3.05, 3.63) is 58.6 Å². The molecule has 0 fully saturated rings.